The first-order chi connectivity index (χ1) is 16.3. The van der Waals surface area contributed by atoms with E-state index in [1.54, 1.807) is 23.5 Å². The van der Waals surface area contributed by atoms with Gasteiger partial charge in [-0.3, -0.25) is 0 Å². The minimum absolute atomic E-state index is 0.136. The smallest absolute Gasteiger partial charge is 0.244 e. The Kier molecular flexibility index (Phi) is 8.17. The second-order valence-electron chi connectivity index (χ2n) is 9.76. The van der Waals surface area contributed by atoms with Gasteiger partial charge in [-0.1, -0.05) is 30.6 Å². The number of aryl methyl sites for hydroxylation is 1. The number of sulfonamides is 1. The minimum Gasteiger partial charge on any atom is -0.495 e. The van der Waals surface area contributed by atoms with Crippen molar-refractivity contribution in [3.05, 3.63) is 23.9 Å². The van der Waals surface area contributed by atoms with E-state index in [-0.39, 0.29) is 17.0 Å². The lowest BCUT2D eigenvalue weighted by molar-refractivity contribution is 0.120. The predicted molar refractivity (Wildman–Crippen MR) is 137 cm³/mol. The standard InChI is InChI=1S/C25H37N3O4S2/c1-16(18-7-5-4-6-8-18)26-25-27-17(2)24(33-25)19-9-14-22(32-3)23(15-19)34(30,31)28-20-10-12-21(29)13-11-20/h9,14-16,18,20-21,28-29H,4-8,10-13H2,1-3H3,(H,26,27)/t16-,20?,21?/m0/s1. The van der Waals surface area contributed by atoms with Gasteiger partial charge < -0.3 is 15.2 Å². The molecule has 9 heteroatoms. The summed E-state index contributed by atoms with van der Waals surface area (Å²) in [5.74, 6) is 0.990. The molecule has 1 atom stereocenters. The van der Waals surface area contributed by atoms with Crippen molar-refractivity contribution >= 4 is 26.5 Å². The van der Waals surface area contributed by atoms with Crippen LogP contribution in [-0.4, -0.2) is 43.8 Å². The van der Waals surface area contributed by atoms with E-state index in [2.05, 4.69) is 17.0 Å². The summed E-state index contributed by atoms with van der Waals surface area (Å²) < 4.78 is 34.8. The summed E-state index contributed by atoms with van der Waals surface area (Å²) in [4.78, 5) is 5.84. The van der Waals surface area contributed by atoms with Gasteiger partial charge in [0.1, 0.15) is 10.6 Å². The fraction of sp³-hybridized carbons (Fsp3) is 0.640. The van der Waals surface area contributed by atoms with Crippen LogP contribution in [0.4, 0.5) is 5.13 Å². The van der Waals surface area contributed by atoms with E-state index in [1.807, 2.05) is 13.0 Å². The second-order valence-corrected chi connectivity index (χ2v) is 12.4. The van der Waals surface area contributed by atoms with Crippen LogP contribution in [0.2, 0.25) is 0 Å². The SMILES string of the molecule is COc1ccc(-c2sc(N[C@@H](C)C3CCCCC3)nc2C)cc1S(=O)(=O)NC1CCC(O)CC1. The van der Waals surface area contributed by atoms with E-state index in [1.165, 1.54) is 39.2 Å². The zero-order valence-electron chi connectivity index (χ0n) is 20.3. The third-order valence-electron chi connectivity index (χ3n) is 7.24. The molecule has 188 valence electrons. The zero-order valence-corrected chi connectivity index (χ0v) is 22.0. The normalized spacial score (nSPS) is 22.9. The van der Waals surface area contributed by atoms with E-state index >= 15 is 0 Å². The number of anilines is 1. The Morgan fingerprint density at radius 3 is 2.50 bits per heavy atom. The number of benzene rings is 1. The van der Waals surface area contributed by atoms with Gasteiger partial charge in [0.15, 0.2) is 5.13 Å². The quantitative estimate of drug-likeness (QED) is 0.460. The van der Waals surface area contributed by atoms with Gasteiger partial charge in [-0.05, 0) is 82.1 Å². The molecule has 2 aliphatic carbocycles. The predicted octanol–water partition coefficient (Wildman–Crippen LogP) is 5.09. The number of nitrogens with zero attached hydrogens (tertiary/aromatic N) is 1. The molecule has 0 radical (unpaired) electrons. The number of rotatable bonds is 8. The van der Waals surface area contributed by atoms with Crippen LogP contribution < -0.4 is 14.8 Å². The van der Waals surface area contributed by atoms with E-state index in [0.717, 1.165) is 21.3 Å². The largest absolute Gasteiger partial charge is 0.495 e. The molecular weight excluding hydrogens is 470 g/mol. The maximum atomic E-state index is 13.3. The van der Waals surface area contributed by atoms with Crippen LogP contribution >= 0.6 is 11.3 Å². The highest BCUT2D eigenvalue weighted by Gasteiger charge is 2.28. The van der Waals surface area contributed by atoms with Crippen LogP contribution in [0, 0.1) is 12.8 Å². The number of aliphatic hydroxyl groups excluding tert-OH is 1. The summed E-state index contributed by atoms with van der Waals surface area (Å²) in [5.41, 5.74) is 1.69. The molecule has 4 rings (SSSR count). The van der Waals surface area contributed by atoms with E-state index in [4.69, 9.17) is 9.72 Å². The summed E-state index contributed by atoms with van der Waals surface area (Å²) in [6.45, 7) is 4.20. The molecular formula is C25H37N3O4S2. The number of aromatic nitrogens is 1. The lowest BCUT2D eigenvalue weighted by Gasteiger charge is -2.28. The van der Waals surface area contributed by atoms with Crippen LogP contribution in [0.15, 0.2) is 23.1 Å². The molecule has 0 unspecified atom stereocenters. The highest BCUT2D eigenvalue weighted by atomic mass is 32.2. The molecule has 0 bridgehead atoms. The number of nitrogens with one attached hydrogen (secondary N) is 2. The van der Waals surface area contributed by atoms with Crippen LogP contribution in [0.3, 0.4) is 0 Å². The second kappa shape index (κ2) is 10.9. The minimum atomic E-state index is -3.78. The maximum absolute atomic E-state index is 13.3. The lowest BCUT2D eigenvalue weighted by Crippen LogP contribution is -2.38. The van der Waals surface area contributed by atoms with E-state index < -0.39 is 10.0 Å². The first kappa shape index (κ1) is 25.4. The molecule has 0 amide bonds. The number of aliphatic hydroxyl groups is 1. The number of hydrogen-bond acceptors (Lipinski definition) is 7. The molecule has 1 aromatic heterocycles. The van der Waals surface area contributed by atoms with Crippen molar-refractivity contribution in [1.82, 2.24) is 9.71 Å². The van der Waals surface area contributed by atoms with Crippen molar-refractivity contribution in [2.45, 2.75) is 94.7 Å². The fourth-order valence-corrected chi connectivity index (χ4v) is 7.74. The molecule has 7 nitrogen and oxygen atoms in total. The fourth-order valence-electron chi connectivity index (χ4n) is 5.18. The Morgan fingerprint density at radius 2 is 1.82 bits per heavy atom. The van der Waals surface area contributed by atoms with Crippen molar-refractivity contribution in [3.63, 3.8) is 0 Å². The average molecular weight is 508 g/mol. The van der Waals surface area contributed by atoms with Crippen molar-refractivity contribution in [2.24, 2.45) is 5.92 Å². The van der Waals surface area contributed by atoms with Gasteiger partial charge >= 0.3 is 0 Å². The molecule has 1 heterocycles. The number of thiazole rings is 1. The molecule has 0 aliphatic heterocycles. The van der Waals surface area contributed by atoms with Gasteiger partial charge in [0.25, 0.3) is 0 Å². The van der Waals surface area contributed by atoms with Gasteiger partial charge in [-0.2, -0.15) is 0 Å². The molecule has 2 fully saturated rings. The first-order valence-electron chi connectivity index (χ1n) is 12.4. The summed E-state index contributed by atoms with van der Waals surface area (Å²) >= 11 is 1.57. The Bertz CT molecular complexity index is 1070. The molecule has 2 saturated carbocycles. The molecule has 3 N–H and O–H groups in total. The average Bonchev–Trinajstić information content (AvgIpc) is 3.20. The van der Waals surface area contributed by atoms with Gasteiger partial charge in [0.2, 0.25) is 10.0 Å². The molecule has 2 aliphatic rings. The Morgan fingerprint density at radius 1 is 1.12 bits per heavy atom. The highest BCUT2D eigenvalue weighted by molar-refractivity contribution is 7.89. The van der Waals surface area contributed by atoms with Crippen LogP contribution in [0.25, 0.3) is 10.4 Å². The van der Waals surface area contributed by atoms with Gasteiger partial charge in [-0.25, -0.2) is 18.1 Å². The first-order valence-corrected chi connectivity index (χ1v) is 14.7. The van der Waals surface area contributed by atoms with Crippen molar-refractivity contribution in [3.8, 4) is 16.2 Å². The molecule has 1 aromatic carbocycles. The van der Waals surface area contributed by atoms with Crippen molar-refractivity contribution in [2.75, 3.05) is 12.4 Å². The summed E-state index contributed by atoms with van der Waals surface area (Å²) in [6, 6.07) is 5.48. The van der Waals surface area contributed by atoms with Gasteiger partial charge in [0.05, 0.1) is 23.8 Å². The topological polar surface area (TPSA) is 101 Å². The van der Waals surface area contributed by atoms with E-state index in [9.17, 15) is 13.5 Å². The molecule has 2 aromatic rings. The van der Waals surface area contributed by atoms with E-state index in [0.29, 0.717) is 43.4 Å². The van der Waals surface area contributed by atoms with Gasteiger partial charge in [-0.15, -0.1) is 0 Å². The number of methoxy groups -OCH3 is 1. The summed E-state index contributed by atoms with van der Waals surface area (Å²) in [7, 11) is -2.29. The number of hydrogen-bond donors (Lipinski definition) is 3. The van der Waals surface area contributed by atoms with Crippen LogP contribution in [0.1, 0.15) is 70.4 Å². The third kappa shape index (κ3) is 5.93. The molecule has 0 saturated heterocycles. The highest BCUT2D eigenvalue weighted by Crippen LogP contribution is 2.38. The Labute approximate surface area is 207 Å². The Balaban J connectivity index is 1.55. The van der Waals surface area contributed by atoms with Crippen molar-refractivity contribution < 1.29 is 18.3 Å². The third-order valence-corrected chi connectivity index (χ3v) is 9.92. The zero-order chi connectivity index (χ0) is 24.3. The Hall–Kier alpha value is -1.68. The summed E-state index contributed by atoms with van der Waals surface area (Å²) in [6.07, 6.45) is 8.61. The summed E-state index contributed by atoms with van der Waals surface area (Å²) in [5, 5.41) is 14.2. The lowest BCUT2D eigenvalue weighted by atomic mass is 9.85. The molecule has 34 heavy (non-hydrogen) atoms. The van der Waals surface area contributed by atoms with Crippen molar-refractivity contribution in [1.29, 1.82) is 0 Å². The molecule has 0 spiro atoms. The number of ether oxygens (including phenoxy) is 1. The monoisotopic (exact) mass is 507 g/mol. The van der Waals surface area contributed by atoms with Crippen LogP contribution in [-0.2, 0) is 10.0 Å². The van der Waals surface area contributed by atoms with Gasteiger partial charge in [0, 0.05) is 12.1 Å². The van der Waals surface area contributed by atoms with Crippen LogP contribution in [0.5, 0.6) is 5.75 Å². The maximum Gasteiger partial charge on any atom is 0.244 e.